The smallest absolute Gasteiger partial charge is 0.320 e. The number of methoxy groups -OCH3 is 1. The quantitative estimate of drug-likeness (QED) is 0.254. The van der Waals surface area contributed by atoms with Gasteiger partial charge in [-0.2, -0.15) is 0 Å². The minimum Gasteiger partial charge on any atom is -0.459 e. The van der Waals surface area contributed by atoms with Gasteiger partial charge in [-0.15, -0.1) is 11.6 Å². The maximum atomic E-state index is 12.4. The number of nitrogens with one attached hydrogen (secondary N) is 1. The Hall–Kier alpha value is -0.660. The van der Waals surface area contributed by atoms with Gasteiger partial charge in [0.1, 0.15) is 17.8 Å². The van der Waals surface area contributed by atoms with E-state index in [1.807, 2.05) is 6.92 Å². The van der Waals surface area contributed by atoms with Gasteiger partial charge in [0.05, 0.1) is 30.0 Å². The van der Waals surface area contributed by atoms with E-state index in [1.54, 1.807) is 7.11 Å². The predicted octanol–water partition coefficient (Wildman–Crippen LogP) is 2.95. The molecule has 0 aromatic rings. The first kappa shape index (κ1) is 23.0. The van der Waals surface area contributed by atoms with E-state index >= 15 is 0 Å². The summed E-state index contributed by atoms with van der Waals surface area (Å²) in [6, 6.07) is 0.427. The molecule has 1 heterocycles. The third-order valence-corrected chi connectivity index (χ3v) is 7.36. The monoisotopic (exact) mass is 429 g/mol. The Bertz CT molecular complexity index is 620. The summed E-state index contributed by atoms with van der Waals surface area (Å²) in [5, 5.41) is 14.6. The number of halogens is 1. The molecular formula is C22H36ClNO5. The number of carbonyl (C=O) groups is 1. The van der Waals surface area contributed by atoms with Crippen LogP contribution in [0.4, 0.5) is 0 Å². The van der Waals surface area contributed by atoms with Crippen molar-refractivity contribution < 1.29 is 24.1 Å². The number of aliphatic hydroxyl groups is 1. The fourth-order valence-corrected chi connectivity index (χ4v) is 5.18. The molecule has 6 nitrogen and oxygen atoms in total. The van der Waals surface area contributed by atoms with Crippen LogP contribution in [-0.4, -0.2) is 66.2 Å². The van der Waals surface area contributed by atoms with Crippen LogP contribution in [0.2, 0.25) is 0 Å². The molecular weight excluding hydrogens is 394 g/mol. The van der Waals surface area contributed by atoms with Gasteiger partial charge in [-0.05, 0) is 52.9 Å². The van der Waals surface area contributed by atoms with Crippen LogP contribution in [0.3, 0.4) is 0 Å². The van der Waals surface area contributed by atoms with Crippen LogP contribution in [0.5, 0.6) is 0 Å². The minimum atomic E-state index is -1.12. The average molecular weight is 430 g/mol. The molecule has 29 heavy (non-hydrogen) atoms. The number of carbonyl (C=O) groups excluding carboxylic acids is 1. The van der Waals surface area contributed by atoms with Gasteiger partial charge in [0, 0.05) is 13.2 Å². The van der Waals surface area contributed by atoms with E-state index in [2.05, 4.69) is 25.2 Å². The number of epoxide rings is 1. The predicted molar refractivity (Wildman–Crippen MR) is 112 cm³/mol. The van der Waals surface area contributed by atoms with Crippen LogP contribution < -0.4 is 5.32 Å². The first-order valence-corrected chi connectivity index (χ1v) is 11.3. The minimum absolute atomic E-state index is 0.00970. The maximum Gasteiger partial charge on any atom is 0.320 e. The lowest BCUT2D eigenvalue weighted by atomic mass is 9.66. The zero-order chi connectivity index (χ0) is 21.2. The van der Waals surface area contributed by atoms with Crippen molar-refractivity contribution in [3.63, 3.8) is 0 Å². The van der Waals surface area contributed by atoms with Gasteiger partial charge in [-0.25, -0.2) is 0 Å². The Morgan fingerprint density at radius 1 is 1.34 bits per heavy atom. The Balaban J connectivity index is 1.69. The van der Waals surface area contributed by atoms with Crippen molar-refractivity contribution >= 4 is 17.6 Å². The summed E-state index contributed by atoms with van der Waals surface area (Å²) in [6.07, 6.45) is 6.43. The van der Waals surface area contributed by atoms with E-state index in [-0.39, 0.29) is 30.4 Å². The normalized spacial score (nSPS) is 39.5. The van der Waals surface area contributed by atoms with Crippen LogP contribution >= 0.6 is 11.6 Å². The van der Waals surface area contributed by atoms with Gasteiger partial charge in [0.2, 0.25) is 0 Å². The highest BCUT2D eigenvalue weighted by molar-refractivity contribution is 6.18. The van der Waals surface area contributed by atoms with Crippen molar-refractivity contribution in [1.29, 1.82) is 0 Å². The Kier molecular flexibility index (Phi) is 7.32. The van der Waals surface area contributed by atoms with E-state index in [4.69, 9.17) is 25.8 Å². The standard InChI is InChI=1S/C22H36ClNO5/c1-14(2)8-9-17-21(3,29-17)20-19(27-4)16(10-11-22(20,26)13-23)28-18(25)12-24-15-6-5-7-15/h8,15-17,19-20,24,26H,5-7,9-13H2,1-4H3. The number of alkyl halides is 1. The zero-order valence-corrected chi connectivity index (χ0v) is 18.8. The van der Waals surface area contributed by atoms with Gasteiger partial charge in [-0.1, -0.05) is 18.1 Å². The van der Waals surface area contributed by atoms with Crippen LogP contribution in [0, 0.1) is 5.92 Å². The molecule has 0 bridgehead atoms. The number of hydrogen-bond acceptors (Lipinski definition) is 6. The van der Waals surface area contributed by atoms with Gasteiger partial charge in [0.15, 0.2) is 0 Å². The molecule has 2 aliphatic carbocycles. The molecule has 3 aliphatic rings. The molecule has 0 aromatic heterocycles. The molecule has 3 rings (SSSR count). The molecule has 2 saturated carbocycles. The molecule has 1 saturated heterocycles. The number of ether oxygens (including phenoxy) is 3. The zero-order valence-electron chi connectivity index (χ0n) is 18.1. The van der Waals surface area contributed by atoms with Crippen LogP contribution in [0.15, 0.2) is 11.6 Å². The van der Waals surface area contributed by atoms with Crippen molar-refractivity contribution in [2.75, 3.05) is 19.5 Å². The molecule has 7 heteroatoms. The molecule has 166 valence electrons. The summed E-state index contributed by atoms with van der Waals surface area (Å²) < 4.78 is 17.7. The second-order valence-corrected chi connectivity index (χ2v) is 9.57. The molecule has 0 aromatic carbocycles. The van der Waals surface area contributed by atoms with Crippen LogP contribution in [-0.2, 0) is 19.0 Å². The van der Waals surface area contributed by atoms with Gasteiger partial charge < -0.3 is 24.6 Å². The lowest BCUT2D eigenvalue weighted by molar-refractivity contribution is -0.192. The van der Waals surface area contributed by atoms with Crippen molar-refractivity contribution in [1.82, 2.24) is 5.32 Å². The van der Waals surface area contributed by atoms with E-state index in [1.165, 1.54) is 12.0 Å². The summed E-state index contributed by atoms with van der Waals surface area (Å²) in [7, 11) is 1.60. The summed E-state index contributed by atoms with van der Waals surface area (Å²) in [4.78, 5) is 12.4. The SMILES string of the molecule is COC1C(OC(=O)CNC2CCC2)CCC(O)(CCl)C1C1(C)OC1CC=C(C)C. The van der Waals surface area contributed by atoms with E-state index in [9.17, 15) is 9.90 Å². The van der Waals surface area contributed by atoms with Crippen LogP contribution in [0.25, 0.3) is 0 Å². The van der Waals surface area contributed by atoms with Crippen molar-refractivity contribution in [2.45, 2.75) is 94.9 Å². The van der Waals surface area contributed by atoms with E-state index < -0.39 is 23.4 Å². The molecule has 6 atom stereocenters. The Morgan fingerprint density at radius 2 is 2.07 bits per heavy atom. The summed E-state index contributed by atoms with van der Waals surface area (Å²) in [5.74, 6) is -0.559. The third kappa shape index (κ3) is 4.99. The molecule has 1 aliphatic heterocycles. The molecule has 0 amide bonds. The first-order valence-electron chi connectivity index (χ1n) is 10.8. The number of hydrogen-bond donors (Lipinski definition) is 2. The average Bonchev–Trinajstić information content (AvgIpc) is 3.30. The summed E-state index contributed by atoms with van der Waals surface area (Å²) >= 11 is 6.22. The Morgan fingerprint density at radius 3 is 2.62 bits per heavy atom. The molecule has 6 unspecified atom stereocenters. The summed E-state index contributed by atoms with van der Waals surface area (Å²) in [6.45, 7) is 6.33. The molecule has 0 spiro atoms. The van der Waals surface area contributed by atoms with Crippen molar-refractivity contribution in [2.24, 2.45) is 5.92 Å². The van der Waals surface area contributed by atoms with Gasteiger partial charge in [-0.3, -0.25) is 4.79 Å². The second kappa shape index (κ2) is 9.23. The third-order valence-electron chi connectivity index (χ3n) is 6.90. The molecule has 3 fully saturated rings. The van der Waals surface area contributed by atoms with Crippen LogP contribution in [0.1, 0.15) is 59.3 Å². The highest BCUT2D eigenvalue weighted by Crippen LogP contribution is 2.54. The number of allylic oxidation sites excluding steroid dienone is 1. The van der Waals surface area contributed by atoms with E-state index in [0.717, 1.165) is 19.3 Å². The number of rotatable bonds is 9. The lowest BCUT2D eigenvalue weighted by Crippen LogP contribution is -2.61. The van der Waals surface area contributed by atoms with Crippen molar-refractivity contribution in [3.05, 3.63) is 11.6 Å². The maximum absolute atomic E-state index is 12.4. The topological polar surface area (TPSA) is 80.3 Å². The first-order chi connectivity index (χ1) is 13.7. The highest BCUT2D eigenvalue weighted by Gasteiger charge is 2.67. The second-order valence-electron chi connectivity index (χ2n) is 9.30. The fraction of sp³-hybridized carbons (Fsp3) is 0.864. The fourth-order valence-electron chi connectivity index (χ4n) is 4.88. The molecule has 0 radical (unpaired) electrons. The largest absolute Gasteiger partial charge is 0.459 e. The van der Waals surface area contributed by atoms with E-state index in [0.29, 0.717) is 18.9 Å². The van der Waals surface area contributed by atoms with Crippen molar-refractivity contribution in [3.8, 4) is 0 Å². The summed E-state index contributed by atoms with van der Waals surface area (Å²) in [5.41, 5.74) is -0.455. The number of esters is 1. The van der Waals surface area contributed by atoms with Gasteiger partial charge in [0.25, 0.3) is 0 Å². The Labute approximate surface area is 179 Å². The lowest BCUT2D eigenvalue weighted by Gasteiger charge is -2.48. The van der Waals surface area contributed by atoms with Gasteiger partial charge >= 0.3 is 5.97 Å². The highest BCUT2D eigenvalue weighted by atomic mass is 35.5. The molecule has 2 N–H and O–H groups in total.